The second-order valence-electron chi connectivity index (χ2n) is 5.47. The first-order chi connectivity index (χ1) is 12.7. The van der Waals surface area contributed by atoms with Crippen molar-refractivity contribution in [3.8, 4) is 16.9 Å². The summed E-state index contributed by atoms with van der Waals surface area (Å²) in [7, 11) is 0. The molecular weight excluding hydrogens is 348 g/mol. The van der Waals surface area contributed by atoms with Gasteiger partial charge in [0, 0.05) is 11.8 Å². The largest absolute Gasteiger partial charge is 0.273 e. The molecule has 0 aliphatic heterocycles. The van der Waals surface area contributed by atoms with E-state index in [1.54, 1.807) is 10.9 Å². The second-order valence-corrected chi connectivity index (χ2v) is 6.34. The highest BCUT2D eigenvalue weighted by Gasteiger charge is 2.19. The number of hydrogen-bond acceptors (Lipinski definition) is 4. The summed E-state index contributed by atoms with van der Waals surface area (Å²) in [6.07, 6.45) is 3.48. The van der Waals surface area contributed by atoms with E-state index in [0.717, 1.165) is 11.3 Å². The fourth-order valence-corrected chi connectivity index (χ4v) is 2.76. The number of para-hydroxylation sites is 1. The van der Waals surface area contributed by atoms with Crippen LogP contribution in [0.1, 0.15) is 10.4 Å². The van der Waals surface area contributed by atoms with Crippen LogP contribution in [0.25, 0.3) is 16.9 Å². The van der Waals surface area contributed by atoms with E-state index in [1.807, 2.05) is 66.9 Å². The zero-order chi connectivity index (χ0) is 18.4. The third-order valence-electron chi connectivity index (χ3n) is 3.62. The van der Waals surface area contributed by atoms with Crippen LogP contribution in [-0.2, 0) is 4.79 Å². The van der Waals surface area contributed by atoms with Gasteiger partial charge < -0.3 is 0 Å². The number of aromatic nitrogens is 2. The normalized spacial score (nSPS) is 10.3. The van der Waals surface area contributed by atoms with Gasteiger partial charge in [-0.2, -0.15) is 16.9 Å². The average Bonchev–Trinajstić information content (AvgIpc) is 3.13. The van der Waals surface area contributed by atoms with Gasteiger partial charge >= 0.3 is 0 Å². The predicted molar refractivity (Wildman–Crippen MR) is 103 cm³/mol. The molecule has 0 saturated carbocycles. The number of nitrogens with one attached hydrogen (secondary N) is 2. The molecule has 0 bridgehead atoms. The van der Waals surface area contributed by atoms with Crippen molar-refractivity contribution in [2.75, 3.05) is 12.0 Å². The van der Waals surface area contributed by atoms with E-state index in [-0.39, 0.29) is 11.7 Å². The molecule has 0 fully saturated rings. The number of thioether (sulfide) groups is 1. The highest BCUT2D eigenvalue weighted by atomic mass is 32.2. The maximum absolute atomic E-state index is 12.6. The topological polar surface area (TPSA) is 76.0 Å². The Balaban J connectivity index is 1.93. The second kappa shape index (κ2) is 8.35. The fourth-order valence-electron chi connectivity index (χ4n) is 2.42. The van der Waals surface area contributed by atoms with Crippen molar-refractivity contribution in [2.24, 2.45) is 0 Å². The Kier molecular flexibility index (Phi) is 5.70. The number of rotatable bonds is 5. The van der Waals surface area contributed by atoms with Gasteiger partial charge in [0.1, 0.15) is 5.69 Å². The Labute approximate surface area is 155 Å². The van der Waals surface area contributed by atoms with Gasteiger partial charge in [-0.3, -0.25) is 20.4 Å². The van der Waals surface area contributed by atoms with E-state index >= 15 is 0 Å². The Bertz CT molecular complexity index is 894. The van der Waals surface area contributed by atoms with Crippen LogP contribution in [0.2, 0.25) is 0 Å². The van der Waals surface area contributed by atoms with Gasteiger partial charge in [0.05, 0.1) is 17.0 Å². The summed E-state index contributed by atoms with van der Waals surface area (Å²) in [6.45, 7) is 0. The van der Waals surface area contributed by atoms with Crippen molar-refractivity contribution >= 4 is 23.6 Å². The minimum atomic E-state index is -0.416. The summed E-state index contributed by atoms with van der Waals surface area (Å²) in [5, 5.41) is 4.57. The lowest BCUT2D eigenvalue weighted by atomic mass is 10.1. The monoisotopic (exact) mass is 366 g/mol. The summed E-state index contributed by atoms with van der Waals surface area (Å²) in [5.41, 5.74) is 7.46. The molecule has 26 heavy (non-hydrogen) atoms. The van der Waals surface area contributed by atoms with Gasteiger partial charge in [-0.15, -0.1) is 0 Å². The van der Waals surface area contributed by atoms with Crippen LogP contribution in [0.3, 0.4) is 0 Å². The highest BCUT2D eigenvalue weighted by Crippen LogP contribution is 2.23. The molecule has 0 unspecified atom stereocenters. The van der Waals surface area contributed by atoms with E-state index in [0.29, 0.717) is 11.3 Å². The van der Waals surface area contributed by atoms with Crippen LogP contribution in [0.5, 0.6) is 0 Å². The zero-order valence-electron chi connectivity index (χ0n) is 14.2. The highest BCUT2D eigenvalue weighted by molar-refractivity contribution is 7.99. The average molecular weight is 366 g/mol. The van der Waals surface area contributed by atoms with E-state index in [4.69, 9.17) is 0 Å². The number of carbonyl (C=O) groups is 2. The molecule has 0 aliphatic rings. The van der Waals surface area contributed by atoms with Gasteiger partial charge in [-0.05, 0) is 18.4 Å². The molecule has 3 rings (SSSR count). The Morgan fingerprint density at radius 1 is 1.00 bits per heavy atom. The minimum Gasteiger partial charge on any atom is -0.272 e. The molecule has 0 aliphatic carbocycles. The number of carbonyl (C=O) groups excluding carboxylic acids is 2. The van der Waals surface area contributed by atoms with Gasteiger partial charge in [0.2, 0.25) is 5.91 Å². The van der Waals surface area contributed by atoms with Gasteiger partial charge in [0.25, 0.3) is 5.91 Å². The molecule has 3 aromatic rings. The molecule has 6 nitrogen and oxygen atoms in total. The minimum absolute atomic E-state index is 0.262. The molecule has 2 N–H and O–H groups in total. The van der Waals surface area contributed by atoms with Gasteiger partial charge in [0.15, 0.2) is 0 Å². The van der Waals surface area contributed by atoms with Crippen molar-refractivity contribution in [1.82, 2.24) is 20.6 Å². The first-order valence-corrected chi connectivity index (χ1v) is 9.37. The van der Waals surface area contributed by atoms with Crippen LogP contribution in [0.4, 0.5) is 0 Å². The molecule has 0 atom stereocenters. The van der Waals surface area contributed by atoms with E-state index in [1.165, 1.54) is 11.8 Å². The summed E-state index contributed by atoms with van der Waals surface area (Å²) >= 11 is 1.38. The predicted octanol–water partition coefficient (Wildman–Crippen LogP) is 2.66. The Morgan fingerprint density at radius 3 is 2.31 bits per heavy atom. The fraction of sp³-hybridized carbons (Fsp3) is 0.105. The Morgan fingerprint density at radius 2 is 1.65 bits per heavy atom. The standard InChI is InChI=1S/C19H18N4O2S/c1-26-13-17(24)20-21-19(25)16-12-23(15-10-6-3-7-11-15)22-18(16)14-8-4-2-5-9-14/h2-12H,13H2,1H3,(H,20,24)(H,21,25). The summed E-state index contributed by atoms with van der Waals surface area (Å²) < 4.78 is 1.65. The quantitative estimate of drug-likeness (QED) is 0.681. The number of hydrogen-bond donors (Lipinski definition) is 2. The molecule has 1 heterocycles. The van der Waals surface area contributed by atoms with Crippen LogP contribution in [0.15, 0.2) is 66.9 Å². The van der Waals surface area contributed by atoms with Gasteiger partial charge in [-0.1, -0.05) is 48.5 Å². The number of hydrazine groups is 1. The van der Waals surface area contributed by atoms with Crippen LogP contribution in [-0.4, -0.2) is 33.6 Å². The lowest BCUT2D eigenvalue weighted by Gasteiger charge is -2.06. The molecule has 2 amide bonds. The van der Waals surface area contributed by atoms with E-state index in [9.17, 15) is 9.59 Å². The lowest BCUT2D eigenvalue weighted by molar-refractivity contribution is -0.119. The van der Waals surface area contributed by atoms with Crippen LogP contribution < -0.4 is 10.9 Å². The molecule has 2 aromatic carbocycles. The molecule has 132 valence electrons. The van der Waals surface area contributed by atoms with E-state index in [2.05, 4.69) is 16.0 Å². The number of nitrogens with zero attached hydrogens (tertiary/aromatic N) is 2. The zero-order valence-corrected chi connectivity index (χ0v) is 15.0. The maximum Gasteiger partial charge on any atom is 0.273 e. The maximum atomic E-state index is 12.6. The van der Waals surface area contributed by atoms with Gasteiger partial charge in [-0.25, -0.2) is 4.68 Å². The van der Waals surface area contributed by atoms with Crippen molar-refractivity contribution < 1.29 is 9.59 Å². The number of amides is 2. The molecule has 1 aromatic heterocycles. The van der Waals surface area contributed by atoms with Crippen LogP contribution in [0, 0.1) is 0 Å². The van der Waals surface area contributed by atoms with Crippen molar-refractivity contribution in [3.05, 3.63) is 72.4 Å². The van der Waals surface area contributed by atoms with Crippen molar-refractivity contribution in [1.29, 1.82) is 0 Å². The van der Waals surface area contributed by atoms with Crippen molar-refractivity contribution in [3.63, 3.8) is 0 Å². The molecule has 0 radical (unpaired) electrons. The third kappa shape index (κ3) is 4.12. The Hall–Kier alpha value is -3.06. The van der Waals surface area contributed by atoms with E-state index < -0.39 is 5.91 Å². The summed E-state index contributed by atoms with van der Waals surface area (Å²) in [6, 6.07) is 19.0. The molecule has 7 heteroatoms. The first kappa shape index (κ1) is 17.8. The summed E-state index contributed by atoms with van der Waals surface area (Å²) in [4.78, 5) is 24.2. The molecule has 0 spiro atoms. The molecule has 0 saturated heterocycles. The smallest absolute Gasteiger partial charge is 0.272 e. The SMILES string of the molecule is CSCC(=O)NNC(=O)c1cn(-c2ccccc2)nc1-c1ccccc1. The first-order valence-electron chi connectivity index (χ1n) is 7.97. The lowest BCUT2D eigenvalue weighted by Crippen LogP contribution is -2.42. The summed E-state index contributed by atoms with van der Waals surface area (Å²) in [5.74, 6) is -0.405. The van der Waals surface area contributed by atoms with Crippen molar-refractivity contribution in [2.45, 2.75) is 0 Å². The molecular formula is C19H18N4O2S. The van der Waals surface area contributed by atoms with Crippen LogP contribution >= 0.6 is 11.8 Å². The number of benzene rings is 2. The third-order valence-corrected chi connectivity index (χ3v) is 4.17.